The molecule has 0 saturated heterocycles. The van der Waals surface area contributed by atoms with Crippen LogP contribution in [0.25, 0.3) is 0 Å². The molecule has 0 unspecified atom stereocenters. The molecule has 0 aliphatic rings. The van der Waals surface area contributed by atoms with Crippen molar-refractivity contribution in [3.05, 3.63) is 24.0 Å². The van der Waals surface area contributed by atoms with Crippen LogP contribution in [0.2, 0.25) is 0 Å². The van der Waals surface area contributed by atoms with Crippen molar-refractivity contribution in [3.8, 4) is 0 Å². The van der Waals surface area contributed by atoms with E-state index in [-0.39, 0.29) is 5.91 Å². The first-order valence-electron chi connectivity index (χ1n) is 7.39. The number of nitrogens with zero attached hydrogens (tertiary/aromatic N) is 3. The van der Waals surface area contributed by atoms with Crippen LogP contribution >= 0.6 is 0 Å². The Morgan fingerprint density at radius 2 is 1.95 bits per heavy atom. The third-order valence-electron chi connectivity index (χ3n) is 3.40. The maximum atomic E-state index is 11.9. The number of amides is 1. The van der Waals surface area contributed by atoms with Crippen molar-refractivity contribution in [2.75, 3.05) is 40.1 Å². The topological polar surface area (TPSA) is 48.5 Å². The van der Waals surface area contributed by atoms with Crippen LogP contribution in [-0.4, -0.2) is 61.5 Å². The average molecular weight is 292 g/mol. The average Bonchev–Trinajstić information content (AvgIpc) is 2.42. The summed E-state index contributed by atoms with van der Waals surface area (Å²) < 4.78 is 0. The standard InChI is InChI=1S/C16H28N4O/c1-12(2)9-14(19(3)4)11-18-13-7-8-17-15(10-13)16(21)20(5)6/h7-8,10,12,14H,9,11H2,1-6H3,(H,17,18)/t14-/m0/s1. The third-order valence-corrected chi connectivity index (χ3v) is 3.40. The second kappa shape index (κ2) is 7.98. The lowest BCUT2D eigenvalue weighted by atomic mass is 10.0. The minimum Gasteiger partial charge on any atom is -0.383 e. The molecule has 1 N–H and O–H groups in total. The molecule has 0 fully saturated rings. The molecule has 1 rings (SSSR count). The van der Waals surface area contributed by atoms with Gasteiger partial charge in [-0.15, -0.1) is 0 Å². The fourth-order valence-corrected chi connectivity index (χ4v) is 2.14. The number of rotatable bonds is 7. The quantitative estimate of drug-likeness (QED) is 0.837. The molecule has 1 heterocycles. The maximum Gasteiger partial charge on any atom is 0.272 e. The molecular weight excluding hydrogens is 264 g/mol. The first-order valence-corrected chi connectivity index (χ1v) is 7.39. The highest BCUT2D eigenvalue weighted by atomic mass is 16.2. The van der Waals surface area contributed by atoms with Gasteiger partial charge in [0.05, 0.1) is 0 Å². The van der Waals surface area contributed by atoms with Crippen LogP contribution in [0.5, 0.6) is 0 Å². The van der Waals surface area contributed by atoms with Gasteiger partial charge in [0.15, 0.2) is 0 Å². The van der Waals surface area contributed by atoms with Crippen molar-refractivity contribution in [2.24, 2.45) is 5.92 Å². The van der Waals surface area contributed by atoms with Gasteiger partial charge in [0.25, 0.3) is 5.91 Å². The van der Waals surface area contributed by atoms with Gasteiger partial charge < -0.3 is 15.1 Å². The van der Waals surface area contributed by atoms with Gasteiger partial charge in [0.2, 0.25) is 0 Å². The van der Waals surface area contributed by atoms with Crippen LogP contribution in [0, 0.1) is 5.92 Å². The van der Waals surface area contributed by atoms with Gasteiger partial charge >= 0.3 is 0 Å². The van der Waals surface area contributed by atoms with E-state index in [4.69, 9.17) is 0 Å². The Hall–Kier alpha value is -1.62. The van der Waals surface area contributed by atoms with Gasteiger partial charge in [0, 0.05) is 38.6 Å². The van der Waals surface area contributed by atoms with Crippen LogP contribution in [0.3, 0.4) is 0 Å². The first kappa shape index (κ1) is 17.4. The molecule has 118 valence electrons. The fourth-order valence-electron chi connectivity index (χ4n) is 2.14. The number of pyridine rings is 1. The molecular formula is C16H28N4O. The molecule has 0 aliphatic heterocycles. The summed E-state index contributed by atoms with van der Waals surface area (Å²) >= 11 is 0. The second-order valence-corrected chi connectivity index (χ2v) is 6.26. The molecule has 0 bridgehead atoms. The van der Waals surface area contributed by atoms with Crippen LogP contribution in [0.15, 0.2) is 18.3 Å². The highest BCUT2D eigenvalue weighted by molar-refractivity contribution is 5.92. The zero-order chi connectivity index (χ0) is 16.0. The van der Waals surface area contributed by atoms with Crippen molar-refractivity contribution in [3.63, 3.8) is 0 Å². The molecule has 0 spiro atoms. The Morgan fingerprint density at radius 1 is 1.29 bits per heavy atom. The van der Waals surface area contributed by atoms with Gasteiger partial charge in [-0.3, -0.25) is 9.78 Å². The zero-order valence-corrected chi connectivity index (χ0v) is 14.1. The first-order chi connectivity index (χ1) is 9.81. The number of carbonyl (C=O) groups excluding carboxylic acids is 1. The Balaban J connectivity index is 2.70. The largest absolute Gasteiger partial charge is 0.383 e. The van der Waals surface area contributed by atoms with E-state index in [0.717, 1.165) is 18.7 Å². The predicted octanol–water partition coefficient (Wildman–Crippen LogP) is 2.17. The van der Waals surface area contributed by atoms with Crippen LogP contribution in [0.4, 0.5) is 5.69 Å². The molecule has 1 amide bonds. The van der Waals surface area contributed by atoms with E-state index >= 15 is 0 Å². The van der Waals surface area contributed by atoms with E-state index in [2.05, 4.69) is 43.1 Å². The minimum absolute atomic E-state index is 0.0787. The van der Waals surface area contributed by atoms with Gasteiger partial charge in [-0.05, 0) is 38.6 Å². The lowest BCUT2D eigenvalue weighted by Gasteiger charge is -2.26. The fraction of sp³-hybridized carbons (Fsp3) is 0.625. The summed E-state index contributed by atoms with van der Waals surface area (Å²) in [6.45, 7) is 5.32. The number of hydrogen-bond donors (Lipinski definition) is 1. The van der Waals surface area contributed by atoms with E-state index in [1.54, 1.807) is 20.3 Å². The molecule has 21 heavy (non-hydrogen) atoms. The van der Waals surface area contributed by atoms with Gasteiger partial charge in [-0.25, -0.2) is 0 Å². The number of hydrogen-bond acceptors (Lipinski definition) is 4. The Bertz CT molecular complexity index is 457. The lowest BCUT2D eigenvalue weighted by Crippen LogP contribution is -2.35. The van der Waals surface area contributed by atoms with E-state index in [1.165, 1.54) is 4.90 Å². The van der Waals surface area contributed by atoms with Gasteiger partial charge in [-0.1, -0.05) is 13.8 Å². The van der Waals surface area contributed by atoms with Crippen molar-refractivity contribution in [1.29, 1.82) is 0 Å². The summed E-state index contributed by atoms with van der Waals surface area (Å²) in [6, 6.07) is 4.17. The van der Waals surface area contributed by atoms with Gasteiger partial charge in [0.1, 0.15) is 5.69 Å². The summed E-state index contributed by atoms with van der Waals surface area (Å²) in [7, 11) is 7.66. The zero-order valence-electron chi connectivity index (χ0n) is 14.1. The molecule has 0 radical (unpaired) electrons. The van der Waals surface area contributed by atoms with Gasteiger partial charge in [-0.2, -0.15) is 0 Å². The molecule has 5 heteroatoms. The van der Waals surface area contributed by atoms with Crippen molar-refractivity contribution < 1.29 is 4.79 Å². The highest BCUT2D eigenvalue weighted by Gasteiger charge is 2.14. The van der Waals surface area contributed by atoms with Crippen LogP contribution in [-0.2, 0) is 0 Å². The van der Waals surface area contributed by atoms with Crippen molar-refractivity contribution >= 4 is 11.6 Å². The number of carbonyl (C=O) groups is 1. The molecule has 1 aromatic heterocycles. The normalized spacial score (nSPS) is 12.6. The molecule has 0 aliphatic carbocycles. The van der Waals surface area contributed by atoms with E-state index in [9.17, 15) is 4.79 Å². The second-order valence-electron chi connectivity index (χ2n) is 6.26. The number of aromatic nitrogens is 1. The molecule has 0 aromatic carbocycles. The van der Waals surface area contributed by atoms with E-state index in [1.807, 2.05) is 12.1 Å². The number of likely N-dealkylation sites (N-methyl/N-ethyl adjacent to an activating group) is 1. The monoisotopic (exact) mass is 292 g/mol. The minimum atomic E-state index is -0.0787. The summed E-state index contributed by atoms with van der Waals surface area (Å²) in [5.74, 6) is 0.576. The van der Waals surface area contributed by atoms with Crippen molar-refractivity contribution in [1.82, 2.24) is 14.8 Å². The lowest BCUT2D eigenvalue weighted by molar-refractivity contribution is 0.0822. The number of anilines is 1. The number of nitrogens with one attached hydrogen (secondary N) is 1. The molecule has 0 saturated carbocycles. The summed E-state index contributed by atoms with van der Waals surface area (Å²) in [5.41, 5.74) is 1.40. The Kier molecular flexibility index (Phi) is 6.62. The Morgan fingerprint density at radius 3 is 2.48 bits per heavy atom. The SMILES string of the molecule is CC(C)C[C@@H](CNc1ccnc(C(=O)N(C)C)c1)N(C)C. The molecule has 5 nitrogen and oxygen atoms in total. The summed E-state index contributed by atoms with van der Waals surface area (Å²) in [5, 5.41) is 3.41. The summed E-state index contributed by atoms with van der Waals surface area (Å²) in [4.78, 5) is 19.8. The van der Waals surface area contributed by atoms with Crippen molar-refractivity contribution in [2.45, 2.75) is 26.3 Å². The van der Waals surface area contributed by atoms with Crippen LogP contribution < -0.4 is 5.32 Å². The third kappa shape index (κ3) is 5.71. The summed E-state index contributed by atoms with van der Waals surface area (Å²) in [6.07, 6.45) is 2.81. The highest BCUT2D eigenvalue weighted by Crippen LogP contribution is 2.13. The predicted molar refractivity (Wildman–Crippen MR) is 87.7 cm³/mol. The molecule has 1 atom stereocenters. The Labute approximate surface area is 128 Å². The van der Waals surface area contributed by atoms with Crippen LogP contribution in [0.1, 0.15) is 30.8 Å². The smallest absolute Gasteiger partial charge is 0.272 e. The maximum absolute atomic E-state index is 11.9. The van der Waals surface area contributed by atoms with E-state index < -0.39 is 0 Å². The van der Waals surface area contributed by atoms with E-state index in [0.29, 0.717) is 17.7 Å². The molecule has 1 aromatic rings.